The molecule has 2 aliphatic rings. The fraction of sp³-hybridized carbons (Fsp3) is 0.318. The van der Waals surface area contributed by atoms with Gasteiger partial charge in [0, 0.05) is 12.6 Å². The van der Waals surface area contributed by atoms with Crippen molar-refractivity contribution < 1.29 is 28.3 Å². The number of amides is 4. The highest BCUT2D eigenvalue weighted by molar-refractivity contribution is 6.03. The molecule has 10 heteroatoms. The Kier molecular flexibility index (Phi) is 5.76. The van der Waals surface area contributed by atoms with E-state index in [1.165, 1.54) is 30.3 Å². The molecule has 4 amide bonds. The monoisotopic (exact) mass is 440 g/mol. The van der Waals surface area contributed by atoms with Gasteiger partial charge in [0.2, 0.25) is 5.91 Å². The van der Waals surface area contributed by atoms with E-state index in [0.29, 0.717) is 34.1 Å². The summed E-state index contributed by atoms with van der Waals surface area (Å²) in [7, 11) is 4.61. The second-order valence-electron chi connectivity index (χ2n) is 7.40. The average Bonchev–Trinajstić information content (AvgIpc) is 3.43. The lowest BCUT2D eigenvalue weighted by Crippen LogP contribution is -2.45. The van der Waals surface area contributed by atoms with Crippen LogP contribution in [-0.2, 0) is 16.1 Å². The molecule has 1 atom stereocenters. The second kappa shape index (κ2) is 8.66. The minimum Gasteiger partial charge on any atom is -0.493 e. The van der Waals surface area contributed by atoms with E-state index >= 15 is 0 Å². The van der Waals surface area contributed by atoms with Crippen LogP contribution in [0.1, 0.15) is 17.4 Å². The standard InChI is InChI=1S/C22H24N4O6/c1-25-15-11-26(12-17(27)23-10-13-6-5-9-32-13)21(28)18(15)19(24-22(25)29)14-7-4-8-16(30-2)20(14)31-3/h4-9,19H,10-12H2,1-3H3,(H,23,27)(H,24,29). The van der Waals surface area contributed by atoms with Crippen molar-refractivity contribution in [3.8, 4) is 11.5 Å². The molecule has 0 fully saturated rings. The fourth-order valence-electron chi connectivity index (χ4n) is 3.95. The third kappa shape index (κ3) is 3.75. The maximum Gasteiger partial charge on any atom is 0.322 e. The summed E-state index contributed by atoms with van der Waals surface area (Å²) in [5, 5.41) is 5.59. The Bertz CT molecular complexity index is 1080. The minimum atomic E-state index is -0.734. The van der Waals surface area contributed by atoms with Gasteiger partial charge in [0.25, 0.3) is 5.91 Å². The van der Waals surface area contributed by atoms with Gasteiger partial charge >= 0.3 is 6.03 Å². The van der Waals surface area contributed by atoms with E-state index in [1.807, 2.05) is 0 Å². The quantitative estimate of drug-likeness (QED) is 0.673. The third-order valence-electron chi connectivity index (χ3n) is 5.55. The molecule has 32 heavy (non-hydrogen) atoms. The van der Waals surface area contributed by atoms with Gasteiger partial charge in [-0.2, -0.15) is 0 Å². The number of methoxy groups -OCH3 is 2. The highest BCUT2D eigenvalue weighted by Gasteiger charge is 2.44. The van der Waals surface area contributed by atoms with Crippen LogP contribution in [0, 0.1) is 0 Å². The zero-order valence-corrected chi connectivity index (χ0v) is 18.0. The molecule has 4 rings (SSSR count). The Hall–Kier alpha value is -3.95. The number of rotatable bonds is 7. The van der Waals surface area contributed by atoms with Crippen molar-refractivity contribution in [1.29, 1.82) is 0 Å². The van der Waals surface area contributed by atoms with Crippen molar-refractivity contribution in [3.05, 3.63) is 59.2 Å². The maximum atomic E-state index is 13.3. The van der Waals surface area contributed by atoms with Crippen LogP contribution in [0.2, 0.25) is 0 Å². The van der Waals surface area contributed by atoms with E-state index in [1.54, 1.807) is 37.4 Å². The molecule has 0 saturated carbocycles. The summed E-state index contributed by atoms with van der Waals surface area (Å²) in [6, 6.07) is 7.67. The first-order valence-electron chi connectivity index (χ1n) is 10.0. The maximum absolute atomic E-state index is 13.3. The number of ether oxygens (including phenoxy) is 2. The molecule has 2 aromatic rings. The summed E-state index contributed by atoms with van der Waals surface area (Å²) >= 11 is 0. The van der Waals surface area contributed by atoms with Crippen molar-refractivity contribution in [2.45, 2.75) is 12.6 Å². The van der Waals surface area contributed by atoms with Crippen molar-refractivity contribution in [3.63, 3.8) is 0 Å². The van der Waals surface area contributed by atoms with Crippen LogP contribution >= 0.6 is 0 Å². The van der Waals surface area contributed by atoms with E-state index in [-0.39, 0.29) is 37.5 Å². The first kappa shape index (κ1) is 21.3. The number of benzene rings is 1. The van der Waals surface area contributed by atoms with Crippen molar-refractivity contribution in [2.24, 2.45) is 0 Å². The predicted molar refractivity (Wildman–Crippen MR) is 113 cm³/mol. The molecular formula is C22H24N4O6. The molecule has 0 bridgehead atoms. The SMILES string of the molecule is COc1cccc(C2NC(=O)N(C)C3=C2C(=O)N(CC(=O)NCc2ccco2)C3)c1OC. The summed E-state index contributed by atoms with van der Waals surface area (Å²) in [6.07, 6.45) is 1.52. The molecule has 1 aromatic carbocycles. The molecule has 168 valence electrons. The van der Waals surface area contributed by atoms with Crippen molar-refractivity contribution in [1.82, 2.24) is 20.4 Å². The van der Waals surface area contributed by atoms with Crippen molar-refractivity contribution in [2.75, 3.05) is 34.4 Å². The van der Waals surface area contributed by atoms with E-state index < -0.39 is 6.04 Å². The number of carbonyl (C=O) groups excluding carboxylic acids is 3. The van der Waals surface area contributed by atoms with E-state index in [0.717, 1.165) is 0 Å². The molecule has 1 aromatic heterocycles. The van der Waals surface area contributed by atoms with E-state index in [4.69, 9.17) is 13.9 Å². The van der Waals surface area contributed by atoms with Gasteiger partial charge in [-0.05, 0) is 18.2 Å². The number of nitrogens with one attached hydrogen (secondary N) is 2. The number of nitrogens with zero attached hydrogens (tertiary/aromatic N) is 2. The highest BCUT2D eigenvalue weighted by atomic mass is 16.5. The Morgan fingerprint density at radius 1 is 1.22 bits per heavy atom. The van der Waals surface area contributed by atoms with Gasteiger partial charge in [0.1, 0.15) is 12.3 Å². The summed E-state index contributed by atoms with van der Waals surface area (Å²) in [4.78, 5) is 41.2. The van der Waals surface area contributed by atoms with Gasteiger partial charge in [0.05, 0.1) is 50.9 Å². The molecule has 0 saturated heterocycles. The summed E-state index contributed by atoms with van der Waals surface area (Å²) in [5.41, 5.74) is 1.54. The van der Waals surface area contributed by atoms with Gasteiger partial charge in [-0.15, -0.1) is 0 Å². The van der Waals surface area contributed by atoms with Gasteiger partial charge in [-0.1, -0.05) is 12.1 Å². The molecular weight excluding hydrogens is 416 g/mol. The number of likely N-dealkylation sites (N-methyl/N-ethyl adjacent to an activating group) is 1. The lowest BCUT2D eigenvalue weighted by Gasteiger charge is -2.31. The number of carbonyl (C=O) groups is 3. The zero-order chi connectivity index (χ0) is 22.8. The Morgan fingerprint density at radius 3 is 2.72 bits per heavy atom. The molecule has 3 heterocycles. The topological polar surface area (TPSA) is 113 Å². The molecule has 2 N–H and O–H groups in total. The molecule has 0 aliphatic carbocycles. The molecule has 1 unspecified atom stereocenters. The highest BCUT2D eigenvalue weighted by Crippen LogP contribution is 2.42. The average molecular weight is 440 g/mol. The summed E-state index contributed by atoms with van der Waals surface area (Å²) < 4.78 is 16.1. The van der Waals surface area contributed by atoms with Gasteiger partial charge < -0.3 is 29.4 Å². The van der Waals surface area contributed by atoms with Gasteiger partial charge in [-0.3, -0.25) is 14.5 Å². The fourth-order valence-corrected chi connectivity index (χ4v) is 3.95. The molecule has 0 spiro atoms. The Balaban J connectivity index is 1.58. The lowest BCUT2D eigenvalue weighted by molar-refractivity contribution is -0.132. The minimum absolute atomic E-state index is 0.142. The van der Waals surface area contributed by atoms with E-state index in [9.17, 15) is 14.4 Å². The van der Waals surface area contributed by atoms with Gasteiger partial charge in [-0.25, -0.2) is 4.79 Å². The smallest absolute Gasteiger partial charge is 0.322 e. The predicted octanol–water partition coefficient (Wildman–Crippen LogP) is 1.41. The van der Waals surface area contributed by atoms with Crippen LogP contribution in [0.5, 0.6) is 11.5 Å². The Morgan fingerprint density at radius 2 is 2.03 bits per heavy atom. The second-order valence-corrected chi connectivity index (χ2v) is 7.40. The number of hydrogen-bond donors (Lipinski definition) is 2. The number of hydrogen-bond acceptors (Lipinski definition) is 6. The number of furan rings is 1. The molecule has 10 nitrogen and oxygen atoms in total. The normalized spacial score (nSPS) is 17.9. The van der Waals surface area contributed by atoms with Crippen LogP contribution in [0.4, 0.5) is 4.79 Å². The largest absolute Gasteiger partial charge is 0.493 e. The summed E-state index contributed by atoms with van der Waals surface area (Å²) in [6.45, 7) is 0.232. The van der Waals surface area contributed by atoms with Crippen LogP contribution in [-0.4, -0.2) is 62.0 Å². The lowest BCUT2D eigenvalue weighted by atomic mass is 9.94. The van der Waals surface area contributed by atoms with Crippen molar-refractivity contribution >= 4 is 17.8 Å². The zero-order valence-electron chi connectivity index (χ0n) is 18.0. The number of urea groups is 1. The van der Waals surface area contributed by atoms with E-state index in [2.05, 4.69) is 10.6 Å². The third-order valence-corrected chi connectivity index (χ3v) is 5.55. The van der Waals surface area contributed by atoms with Crippen LogP contribution in [0.3, 0.4) is 0 Å². The molecule has 2 aliphatic heterocycles. The number of para-hydroxylation sites is 1. The van der Waals surface area contributed by atoms with Crippen LogP contribution < -0.4 is 20.1 Å². The van der Waals surface area contributed by atoms with Crippen LogP contribution in [0.15, 0.2) is 52.3 Å². The Labute approximate surface area is 184 Å². The molecule has 0 radical (unpaired) electrons. The van der Waals surface area contributed by atoms with Gasteiger partial charge in [0.15, 0.2) is 11.5 Å². The first-order chi connectivity index (χ1) is 15.4. The summed E-state index contributed by atoms with van der Waals surface area (Å²) in [5.74, 6) is 0.879. The van der Waals surface area contributed by atoms with Crippen LogP contribution in [0.25, 0.3) is 0 Å². The first-order valence-corrected chi connectivity index (χ1v) is 10.0.